The standard InChI is InChI=1S/C23H28N4O4/c1-16-17(14-26-9-11-30-12-10-26)13-20(31-16)22(29)27-8-4-7-23(15-27)24-19-6-3-2-5-18(19)21(28)25-23/h2-3,5-6,13,24H,4,7-12,14-15H2,1H3,(H,25,28). The van der Waals surface area contributed by atoms with E-state index in [1.807, 2.05) is 31.2 Å². The van der Waals surface area contributed by atoms with E-state index in [4.69, 9.17) is 9.15 Å². The Morgan fingerprint density at radius 3 is 2.81 bits per heavy atom. The molecule has 2 fully saturated rings. The maximum absolute atomic E-state index is 13.3. The summed E-state index contributed by atoms with van der Waals surface area (Å²) in [6.45, 7) is 6.93. The highest BCUT2D eigenvalue weighted by Gasteiger charge is 2.42. The van der Waals surface area contributed by atoms with Crippen molar-refractivity contribution < 1.29 is 18.7 Å². The molecule has 2 N–H and O–H groups in total. The first-order valence-electron chi connectivity index (χ1n) is 10.9. The minimum Gasteiger partial charge on any atom is -0.456 e. The molecule has 31 heavy (non-hydrogen) atoms. The number of amides is 2. The lowest BCUT2D eigenvalue weighted by molar-refractivity contribution is 0.0340. The highest BCUT2D eigenvalue weighted by Crippen LogP contribution is 2.31. The van der Waals surface area contributed by atoms with Crippen LogP contribution < -0.4 is 10.6 Å². The maximum atomic E-state index is 13.3. The van der Waals surface area contributed by atoms with Crippen molar-refractivity contribution in [3.05, 3.63) is 53.0 Å². The van der Waals surface area contributed by atoms with Crippen molar-refractivity contribution in [2.45, 2.75) is 32.0 Å². The first-order valence-corrected chi connectivity index (χ1v) is 10.9. The zero-order chi connectivity index (χ0) is 21.4. The fraction of sp³-hybridized carbons (Fsp3) is 0.478. The number of carbonyl (C=O) groups excluding carboxylic acids is 2. The number of fused-ring (bicyclic) bond motifs is 1. The lowest BCUT2D eigenvalue weighted by atomic mass is 9.93. The minimum absolute atomic E-state index is 0.106. The molecule has 1 unspecified atom stereocenters. The van der Waals surface area contributed by atoms with Gasteiger partial charge in [-0.15, -0.1) is 0 Å². The molecular formula is C23H28N4O4. The number of nitrogens with one attached hydrogen (secondary N) is 2. The van der Waals surface area contributed by atoms with Gasteiger partial charge in [0.2, 0.25) is 0 Å². The molecule has 3 aliphatic rings. The average molecular weight is 425 g/mol. The number of anilines is 1. The van der Waals surface area contributed by atoms with Gasteiger partial charge in [-0.25, -0.2) is 0 Å². The topological polar surface area (TPSA) is 87.0 Å². The van der Waals surface area contributed by atoms with Crippen molar-refractivity contribution >= 4 is 17.5 Å². The molecule has 2 saturated heterocycles. The van der Waals surface area contributed by atoms with Crippen molar-refractivity contribution in [2.24, 2.45) is 0 Å². The van der Waals surface area contributed by atoms with Crippen LogP contribution in [0.2, 0.25) is 0 Å². The Morgan fingerprint density at radius 2 is 1.97 bits per heavy atom. The van der Waals surface area contributed by atoms with E-state index in [1.54, 1.807) is 11.0 Å². The van der Waals surface area contributed by atoms with Crippen molar-refractivity contribution in [3.63, 3.8) is 0 Å². The first-order chi connectivity index (χ1) is 15.0. The van der Waals surface area contributed by atoms with Crippen LogP contribution in [-0.4, -0.2) is 66.7 Å². The zero-order valence-electron chi connectivity index (χ0n) is 17.8. The molecule has 0 aliphatic carbocycles. The van der Waals surface area contributed by atoms with Crippen molar-refractivity contribution in [1.29, 1.82) is 0 Å². The molecule has 164 valence electrons. The normalized spacial score (nSPS) is 23.9. The number of furan rings is 1. The molecule has 0 bridgehead atoms. The number of nitrogens with zero attached hydrogens (tertiary/aromatic N) is 2. The summed E-state index contributed by atoms with van der Waals surface area (Å²) in [4.78, 5) is 30.0. The summed E-state index contributed by atoms with van der Waals surface area (Å²) >= 11 is 0. The van der Waals surface area contributed by atoms with E-state index in [0.717, 1.165) is 62.7 Å². The number of para-hydroxylation sites is 1. The van der Waals surface area contributed by atoms with Gasteiger partial charge in [0.05, 0.1) is 25.3 Å². The van der Waals surface area contributed by atoms with E-state index in [2.05, 4.69) is 15.5 Å². The predicted molar refractivity (Wildman–Crippen MR) is 115 cm³/mol. The van der Waals surface area contributed by atoms with E-state index in [-0.39, 0.29) is 11.8 Å². The van der Waals surface area contributed by atoms with Gasteiger partial charge in [-0.2, -0.15) is 0 Å². The number of benzene rings is 1. The Labute approximate surface area is 181 Å². The number of hydrogen-bond acceptors (Lipinski definition) is 6. The van der Waals surface area contributed by atoms with Crippen LogP contribution in [0.4, 0.5) is 5.69 Å². The number of hydrogen-bond donors (Lipinski definition) is 2. The zero-order valence-corrected chi connectivity index (χ0v) is 17.8. The van der Waals surface area contributed by atoms with Crippen LogP contribution in [-0.2, 0) is 11.3 Å². The van der Waals surface area contributed by atoms with Crippen LogP contribution >= 0.6 is 0 Å². The highest BCUT2D eigenvalue weighted by molar-refractivity contribution is 6.02. The molecule has 4 heterocycles. The van der Waals surface area contributed by atoms with Crippen molar-refractivity contribution in [3.8, 4) is 0 Å². The van der Waals surface area contributed by atoms with E-state index in [1.165, 1.54) is 0 Å². The summed E-state index contributed by atoms with van der Waals surface area (Å²) in [6, 6.07) is 9.34. The molecule has 8 nitrogen and oxygen atoms in total. The predicted octanol–water partition coefficient (Wildman–Crippen LogP) is 2.21. The summed E-state index contributed by atoms with van der Waals surface area (Å²) in [6.07, 6.45) is 1.55. The molecule has 1 spiro atoms. The smallest absolute Gasteiger partial charge is 0.289 e. The van der Waals surface area contributed by atoms with Gasteiger partial charge in [-0.05, 0) is 38.0 Å². The van der Waals surface area contributed by atoms with Gasteiger partial charge in [-0.1, -0.05) is 12.1 Å². The molecule has 0 saturated carbocycles. The third-order valence-electron chi connectivity index (χ3n) is 6.41. The molecule has 8 heteroatoms. The molecule has 5 rings (SSSR count). The van der Waals surface area contributed by atoms with Gasteiger partial charge in [0.15, 0.2) is 5.76 Å². The van der Waals surface area contributed by atoms with Crippen LogP contribution in [0.1, 0.15) is 45.1 Å². The Balaban J connectivity index is 1.31. The Bertz CT molecular complexity index is 997. The number of ether oxygens (including phenoxy) is 1. The lowest BCUT2D eigenvalue weighted by Crippen LogP contribution is -2.66. The maximum Gasteiger partial charge on any atom is 0.289 e. The van der Waals surface area contributed by atoms with Crippen LogP contribution in [0.5, 0.6) is 0 Å². The van der Waals surface area contributed by atoms with Gasteiger partial charge >= 0.3 is 0 Å². The number of carbonyl (C=O) groups is 2. The molecule has 1 atom stereocenters. The fourth-order valence-electron chi connectivity index (χ4n) is 4.74. The van der Waals surface area contributed by atoms with Gasteiger partial charge < -0.3 is 24.7 Å². The van der Waals surface area contributed by atoms with Crippen LogP contribution in [0.15, 0.2) is 34.7 Å². The monoisotopic (exact) mass is 424 g/mol. The number of piperidine rings is 1. The van der Waals surface area contributed by atoms with Crippen molar-refractivity contribution in [1.82, 2.24) is 15.1 Å². The lowest BCUT2D eigenvalue weighted by Gasteiger charge is -2.46. The molecule has 2 aromatic rings. The summed E-state index contributed by atoms with van der Waals surface area (Å²) < 4.78 is 11.3. The third kappa shape index (κ3) is 3.93. The quantitative estimate of drug-likeness (QED) is 0.786. The molecule has 3 aliphatic heterocycles. The van der Waals surface area contributed by atoms with E-state index < -0.39 is 5.66 Å². The second kappa shape index (κ2) is 8.01. The molecule has 2 amide bonds. The SMILES string of the molecule is Cc1oc(C(=O)N2CCCC3(C2)NC(=O)c2ccccc2N3)cc1CN1CCOCC1. The third-order valence-corrected chi connectivity index (χ3v) is 6.41. The first kappa shape index (κ1) is 20.1. The van der Waals surface area contributed by atoms with Gasteiger partial charge in [0, 0.05) is 37.4 Å². The number of aryl methyl sites for hydroxylation is 1. The van der Waals surface area contributed by atoms with Crippen LogP contribution in [0.25, 0.3) is 0 Å². The van der Waals surface area contributed by atoms with E-state index >= 15 is 0 Å². The molecular weight excluding hydrogens is 396 g/mol. The second-order valence-corrected chi connectivity index (χ2v) is 8.62. The van der Waals surface area contributed by atoms with Gasteiger partial charge in [0.1, 0.15) is 11.4 Å². The summed E-state index contributed by atoms with van der Waals surface area (Å²) in [5, 5.41) is 6.58. The van der Waals surface area contributed by atoms with Crippen molar-refractivity contribution in [2.75, 3.05) is 44.7 Å². The minimum atomic E-state index is -0.655. The Kier molecular flexibility index (Phi) is 5.19. The second-order valence-electron chi connectivity index (χ2n) is 8.62. The Morgan fingerprint density at radius 1 is 1.16 bits per heavy atom. The van der Waals surface area contributed by atoms with E-state index in [0.29, 0.717) is 24.4 Å². The average Bonchev–Trinajstić information content (AvgIpc) is 3.14. The van der Waals surface area contributed by atoms with E-state index in [9.17, 15) is 9.59 Å². The largest absolute Gasteiger partial charge is 0.456 e. The number of rotatable bonds is 3. The summed E-state index contributed by atoms with van der Waals surface area (Å²) in [7, 11) is 0. The highest BCUT2D eigenvalue weighted by atomic mass is 16.5. The Hall–Kier alpha value is -2.84. The van der Waals surface area contributed by atoms with Gasteiger partial charge in [0.25, 0.3) is 11.8 Å². The number of morpholine rings is 1. The van der Waals surface area contributed by atoms with Gasteiger partial charge in [-0.3, -0.25) is 14.5 Å². The summed E-state index contributed by atoms with van der Waals surface area (Å²) in [5.74, 6) is 0.899. The van der Waals surface area contributed by atoms with Crippen LogP contribution in [0, 0.1) is 6.92 Å². The molecule has 1 aromatic heterocycles. The molecule has 0 radical (unpaired) electrons. The fourth-order valence-corrected chi connectivity index (χ4v) is 4.74. The molecule has 1 aromatic carbocycles. The van der Waals surface area contributed by atoms with Crippen LogP contribution in [0.3, 0.4) is 0 Å². The summed E-state index contributed by atoms with van der Waals surface area (Å²) in [5.41, 5.74) is 1.82. The number of likely N-dealkylation sites (tertiary alicyclic amines) is 1.